The molecule has 2 N–H and O–H groups in total. The van der Waals surface area contributed by atoms with Crippen LogP contribution < -0.4 is 15.4 Å². The molecule has 26 heavy (non-hydrogen) atoms. The predicted octanol–water partition coefficient (Wildman–Crippen LogP) is 5.46. The summed E-state index contributed by atoms with van der Waals surface area (Å²) in [7, 11) is 1.65. The van der Waals surface area contributed by atoms with Gasteiger partial charge in [0.25, 0.3) is 0 Å². The van der Waals surface area contributed by atoms with Gasteiger partial charge in [-0.15, -0.1) is 0 Å². The number of rotatable bonds is 6. The Morgan fingerprint density at radius 3 is 2.27 bits per heavy atom. The first-order valence-electron chi connectivity index (χ1n) is 7.98. The summed E-state index contributed by atoms with van der Waals surface area (Å²) in [6.07, 6.45) is 0. The summed E-state index contributed by atoms with van der Waals surface area (Å²) in [6.45, 7) is 2.46. The van der Waals surface area contributed by atoms with Crippen molar-refractivity contribution in [2.24, 2.45) is 0 Å². The van der Waals surface area contributed by atoms with Crippen LogP contribution in [0, 0.1) is 6.92 Å². The molecule has 134 valence electrons. The molecule has 0 amide bonds. The molecule has 1 aromatic heterocycles. The van der Waals surface area contributed by atoms with E-state index >= 15 is 0 Å². The third-order valence-electron chi connectivity index (χ3n) is 3.69. The summed E-state index contributed by atoms with van der Waals surface area (Å²) in [5.74, 6) is 2.79. The second kappa shape index (κ2) is 8.25. The second-order valence-corrected chi connectivity index (χ2v) is 6.42. The summed E-state index contributed by atoms with van der Waals surface area (Å²) >= 11 is 12.4. The van der Waals surface area contributed by atoms with Crippen LogP contribution in [0.2, 0.25) is 10.0 Å². The molecule has 0 fully saturated rings. The number of hydrogen-bond acceptors (Lipinski definition) is 5. The Hall–Kier alpha value is -2.50. The summed E-state index contributed by atoms with van der Waals surface area (Å²) in [5.41, 5.74) is 1.74. The summed E-state index contributed by atoms with van der Waals surface area (Å²) in [6, 6.07) is 15.0. The first-order valence-corrected chi connectivity index (χ1v) is 8.74. The molecule has 0 aliphatic carbocycles. The zero-order valence-electron chi connectivity index (χ0n) is 14.4. The Balaban J connectivity index is 1.74. The maximum atomic E-state index is 6.21. The number of hydrogen-bond donors (Lipinski definition) is 2. The monoisotopic (exact) mass is 388 g/mol. The van der Waals surface area contributed by atoms with E-state index in [9.17, 15) is 0 Å². The Morgan fingerprint density at radius 2 is 1.62 bits per heavy atom. The van der Waals surface area contributed by atoms with Crippen molar-refractivity contribution in [1.82, 2.24) is 9.97 Å². The topological polar surface area (TPSA) is 59.1 Å². The molecule has 7 heteroatoms. The molecule has 5 nitrogen and oxygen atoms in total. The van der Waals surface area contributed by atoms with Crippen LogP contribution in [-0.4, -0.2) is 17.1 Å². The number of aryl methyl sites for hydroxylation is 1. The maximum absolute atomic E-state index is 6.21. The standard InChI is InChI=1S/C19H18Cl2N4O/c1-12-23-17(22-11-13-6-8-14(26-2)9-7-13)10-18(24-12)25-19-15(20)4-3-5-16(19)21/h3-10H,11H2,1-2H3,(H2,22,23,24,25). The highest BCUT2D eigenvalue weighted by molar-refractivity contribution is 6.39. The van der Waals surface area contributed by atoms with Gasteiger partial charge in [-0.2, -0.15) is 0 Å². The third kappa shape index (κ3) is 4.56. The number of anilines is 3. The van der Waals surface area contributed by atoms with Crippen LogP contribution in [0.1, 0.15) is 11.4 Å². The molecule has 1 heterocycles. The van der Waals surface area contributed by atoms with Crippen LogP contribution in [0.5, 0.6) is 5.75 Å². The second-order valence-electron chi connectivity index (χ2n) is 5.61. The fraction of sp³-hybridized carbons (Fsp3) is 0.158. The van der Waals surface area contributed by atoms with Gasteiger partial charge >= 0.3 is 0 Å². The Kier molecular flexibility index (Phi) is 5.81. The SMILES string of the molecule is COc1ccc(CNc2cc(Nc3c(Cl)cccc3Cl)nc(C)n2)cc1. The number of halogens is 2. The van der Waals surface area contributed by atoms with Gasteiger partial charge in [0.05, 0.1) is 22.8 Å². The van der Waals surface area contributed by atoms with E-state index in [0.717, 1.165) is 11.3 Å². The highest BCUT2D eigenvalue weighted by Gasteiger charge is 2.08. The van der Waals surface area contributed by atoms with Crippen molar-refractivity contribution < 1.29 is 4.74 Å². The van der Waals surface area contributed by atoms with E-state index in [4.69, 9.17) is 27.9 Å². The molecule has 0 saturated heterocycles. The zero-order chi connectivity index (χ0) is 18.5. The van der Waals surface area contributed by atoms with Gasteiger partial charge in [-0.05, 0) is 36.8 Å². The molecule has 0 spiro atoms. The average Bonchev–Trinajstić information content (AvgIpc) is 2.63. The van der Waals surface area contributed by atoms with Crippen LogP contribution in [0.25, 0.3) is 0 Å². The van der Waals surface area contributed by atoms with Gasteiger partial charge in [-0.3, -0.25) is 0 Å². The number of aromatic nitrogens is 2. The van der Waals surface area contributed by atoms with Gasteiger partial charge in [-0.1, -0.05) is 41.4 Å². The Morgan fingerprint density at radius 1 is 0.962 bits per heavy atom. The molecule has 0 aliphatic heterocycles. The molecule has 0 saturated carbocycles. The highest BCUT2D eigenvalue weighted by atomic mass is 35.5. The molecular formula is C19H18Cl2N4O. The van der Waals surface area contributed by atoms with Crippen LogP contribution in [0.4, 0.5) is 17.3 Å². The number of nitrogens with one attached hydrogen (secondary N) is 2. The van der Waals surface area contributed by atoms with Crippen LogP contribution in [-0.2, 0) is 6.54 Å². The van der Waals surface area contributed by atoms with Crippen molar-refractivity contribution in [2.75, 3.05) is 17.7 Å². The van der Waals surface area contributed by atoms with Gasteiger partial charge in [0, 0.05) is 12.6 Å². The minimum absolute atomic E-state index is 0.529. The lowest BCUT2D eigenvalue weighted by molar-refractivity contribution is 0.414. The minimum atomic E-state index is 0.529. The van der Waals surface area contributed by atoms with Gasteiger partial charge in [0.1, 0.15) is 23.2 Å². The van der Waals surface area contributed by atoms with E-state index < -0.39 is 0 Å². The molecule has 0 atom stereocenters. The van der Waals surface area contributed by atoms with Gasteiger partial charge in [0.15, 0.2) is 0 Å². The van der Waals surface area contributed by atoms with E-state index in [0.29, 0.717) is 39.7 Å². The van der Waals surface area contributed by atoms with Crippen LogP contribution in [0.3, 0.4) is 0 Å². The van der Waals surface area contributed by atoms with Crippen molar-refractivity contribution in [1.29, 1.82) is 0 Å². The van der Waals surface area contributed by atoms with E-state index in [1.54, 1.807) is 25.3 Å². The molecule has 0 bridgehead atoms. The molecular weight excluding hydrogens is 371 g/mol. The van der Waals surface area contributed by atoms with Crippen molar-refractivity contribution in [3.8, 4) is 5.75 Å². The van der Waals surface area contributed by atoms with Crippen LogP contribution >= 0.6 is 23.2 Å². The Labute approximate surface area is 162 Å². The quantitative estimate of drug-likeness (QED) is 0.587. The fourth-order valence-corrected chi connectivity index (χ4v) is 2.90. The molecule has 0 aliphatic rings. The normalized spacial score (nSPS) is 10.5. The molecule has 3 rings (SSSR count). The molecule has 3 aromatic rings. The van der Waals surface area contributed by atoms with Gasteiger partial charge < -0.3 is 15.4 Å². The summed E-state index contributed by atoms with van der Waals surface area (Å²) in [4.78, 5) is 8.81. The first kappa shape index (κ1) is 18.3. The van der Waals surface area contributed by atoms with Crippen molar-refractivity contribution >= 4 is 40.5 Å². The number of para-hydroxylation sites is 1. The number of methoxy groups -OCH3 is 1. The van der Waals surface area contributed by atoms with E-state index in [1.807, 2.05) is 37.3 Å². The van der Waals surface area contributed by atoms with E-state index in [-0.39, 0.29) is 0 Å². The van der Waals surface area contributed by atoms with Crippen LogP contribution in [0.15, 0.2) is 48.5 Å². The molecule has 0 radical (unpaired) electrons. The minimum Gasteiger partial charge on any atom is -0.497 e. The van der Waals surface area contributed by atoms with Gasteiger partial charge in [0.2, 0.25) is 0 Å². The predicted molar refractivity (Wildman–Crippen MR) is 107 cm³/mol. The third-order valence-corrected chi connectivity index (χ3v) is 4.32. The number of nitrogens with zero attached hydrogens (tertiary/aromatic N) is 2. The molecule has 0 unspecified atom stereocenters. The summed E-state index contributed by atoms with van der Waals surface area (Å²) < 4.78 is 5.17. The van der Waals surface area contributed by atoms with Crippen molar-refractivity contribution in [3.63, 3.8) is 0 Å². The maximum Gasteiger partial charge on any atom is 0.136 e. The smallest absolute Gasteiger partial charge is 0.136 e. The zero-order valence-corrected chi connectivity index (χ0v) is 15.9. The largest absolute Gasteiger partial charge is 0.497 e. The van der Waals surface area contributed by atoms with Crippen molar-refractivity contribution in [2.45, 2.75) is 13.5 Å². The number of benzene rings is 2. The number of ether oxygens (including phenoxy) is 1. The van der Waals surface area contributed by atoms with Crippen molar-refractivity contribution in [3.05, 3.63) is 70.0 Å². The Bertz CT molecular complexity index is 880. The van der Waals surface area contributed by atoms with E-state index in [2.05, 4.69) is 20.6 Å². The lowest BCUT2D eigenvalue weighted by atomic mass is 10.2. The lowest BCUT2D eigenvalue weighted by Crippen LogP contribution is -2.05. The summed E-state index contributed by atoms with van der Waals surface area (Å²) in [5, 5.41) is 7.52. The fourth-order valence-electron chi connectivity index (χ4n) is 2.40. The molecule has 2 aromatic carbocycles. The lowest BCUT2D eigenvalue weighted by Gasteiger charge is -2.12. The first-order chi connectivity index (χ1) is 12.5. The van der Waals surface area contributed by atoms with Gasteiger partial charge in [-0.25, -0.2) is 9.97 Å². The highest BCUT2D eigenvalue weighted by Crippen LogP contribution is 2.32. The van der Waals surface area contributed by atoms with E-state index in [1.165, 1.54) is 0 Å². The average molecular weight is 389 g/mol.